The largest absolute Gasteiger partial charge is 0.315 e. The van der Waals surface area contributed by atoms with E-state index >= 15 is 0 Å². The highest BCUT2D eigenvalue weighted by Gasteiger charge is 2.44. The maximum absolute atomic E-state index is 13.5. The van der Waals surface area contributed by atoms with Gasteiger partial charge in [-0.25, -0.2) is 8.78 Å². The number of hydrogen-bond donors (Lipinski definition) is 0. The van der Waals surface area contributed by atoms with Gasteiger partial charge in [-0.15, -0.1) is 0 Å². The van der Waals surface area contributed by atoms with Crippen LogP contribution in [0.15, 0.2) is 12.1 Å². The van der Waals surface area contributed by atoms with Gasteiger partial charge in [-0.1, -0.05) is 19.3 Å². The molecule has 0 N–H and O–H groups in total. The molecule has 10 heteroatoms. The van der Waals surface area contributed by atoms with Gasteiger partial charge in [0.2, 0.25) is 0 Å². The van der Waals surface area contributed by atoms with Crippen LogP contribution < -0.4 is 0 Å². The molecule has 25 heavy (non-hydrogen) atoms. The number of alkyl halides is 4. The lowest BCUT2D eigenvalue weighted by Gasteiger charge is -2.25. The first-order chi connectivity index (χ1) is 11.6. The van der Waals surface area contributed by atoms with Gasteiger partial charge in [0.05, 0.1) is 22.3 Å². The Kier molecular flexibility index (Phi) is 5.58. The van der Waals surface area contributed by atoms with Gasteiger partial charge in [-0.05, 0) is 24.3 Å². The average Bonchev–Trinajstić information content (AvgIpc) is 2.54. The van der Waals surface area contributed by atoms with Gasteiger partial charge >= 0.3 is 12.3 Å². The number of rotatable bonds is 6. The van der Waals surface area contributed by atoms with Gasteiger partial charge in [0, 0.05) is 11.6 Å². The lowest BCUT2D eigenvalue weighted by molar-refractivity contribution is -0.394. The molecule has 0 heterocycles. The minimum absolute atomic E-state index is 0.0408. The monoisotopic (exact) mass is 363 g/mol. The fourth-order valence-electron chi connectivity index (χ4n) is 3.06. The summed E-state index contributed by atoms with van der Waals surface area (Å²) in [7, 11) is 0. The van der Waals surface area contributed by atoms with Crippen LogP contribution in [0, 0.1) is 26.6 Å². The van der Waals surface area contributed by atoms with E-state index in [0.29, 0.717) is 18.9 Å². The molecule has 1 radical (unpaired) electrons. The molecule has 0 saturated heterocycles. The highest BCUT2D eigenvalue weighted by molar-refractivity contribution is 5.58. The first-order valence-corrected chi connectivity index (χ1v) is 7.62. The number of hydrogen-bond acceptors (Lipinski definition) is 4. The van der Waals surface area contributed by atoms with Gasteiger partial charge in [0.1, 0.15) is 0 Å². The average molecular weight is 363 g/mol. The number of nitro groups is 2. The first-order valence-electron chi connectivity index (χ1n) is 7.62. The van der Waals surface area contributed by atoms with Gasteiger partial charge < -0.3 is 0 Å². The Morgan fingerprint density at radius 1 is 1.08 bits per heavy atom. The van der Waals surface area contributed by atoms with E-state index in [-0.39, 0.29) is 12.0 Å². The Labute approximate surface area is 140 Å². The van der Waals surface area contributed by atoms with E-state index in [1.165, 1.54) is 0 Å². The van der Waals surface area contributed by atoms with Crippen molar-refractivity contribution in [2.24, 2.45) is 0 Å². The molecule has 0 bridgehead atoms. The summed E-state index contributed by atoms with van der Waals surface area (Å²) in [6, 6.07) is 1.51. The van der Waals surface area contributed by atoms with Gasteiger partial charge in [0.25, 0.3) is 11.4 Å². The van der Waals surface area contributed by atoms with Crippen LogP contribution in [0.4, 0.5) is 28.9 Å². The smallest absolute Gasteiger partial charge is 0.258 e. The molecule has 1 aromatic carbocycles. The maximum atomic E-state index is 13.5. The zero-order valence-corrected chi connectivity index (χ0v) is 13.0. The molecule has 0 aromatic heterocycles. The van der Waals surface area contributed by atoms with Crippen molar-refractivity contribution in [3.8, 4) is 0 Å². The van der Waals surface area contributed by atoms with E-state index in [1.807, 2.05) is 0 Å². The van der Waals surface area contributed by atoms with Crippen LogP contribution in [-0.2, 0) is 0 Å². The van der Waals surface area contributed by atoms with Crippen LogP contribution in [0.5, 0.6) is 0 Å². The molecule has 1 aliphatic carbocycles. The first kappa shape index (κ1) is 19.1. The molecular formula is C15H15F4N2O4. The summed E-state index contributed by atoms with van der Waals surface area (Å²) in [5.74, 6) is -5.00. The molecule has 1 saturated carbocycles. The van der Waals surface area contributed by atoms with Crippen molar-refractivity contribution in [1.29, 1.82) is 0 Å². The third kappa shape index (κ3) is 4.23. The molecule has 0 aliphatic heterocycles. The molecule has 2 rings (SSSR count). The molecule has 0 spiro atoms. The van der Waals surface area contributed by atoms with Crippen LogP contribution in [-0.4, -0.2) is 22.2 Å². The number of halogens is 4. The predicted octanol–water partition coefficient (Wildman–Crippen LogP) is 5.00. The number of nitrogens with zero attached hydrogens (tertiary/aromatic N) is 2. The number of non-ortho nitro benzene ring substituents is 1. The Bertz CT molecular complexity index is 676. The minimum atomic E-state index is -4.58. The fourth-order valence-corrected chi connectivity index (χ4v) is 3.06. The minimum Gasteiger partial charge on any atom is -0.258 e. The Morgan fingerprint density at radius 2 is 1.68 bits per heavy atom. The van der Waals surface area contributed by atoms with Crippen molar-refractivity contribution in [2.75, 3.05) is 0 Å². The molecule has 1 fully saturated rings. The molecule has 1 aliphatic rings. The zero-order chi connectivity index (χ0) is 18.8. The van der Waals surface area contributed by atoms with Crippen molar-refractivity contribution in [3.63, 3.8) is 0 Å². The number of nitro benzene ring substituents is 2. The third-order valence-corrected chi connectivity index (χ3v) is 4.26. The van der Waals surface area contributed by atoms with Crippen molar-refractivity contribution in [1.82, 2.24) is 0 Å². The molecule has 1 aromatic rings. The summed E-state index contributed by atoms with van der Waals surface area (Å²) in [5.41, 5.74) is -2.28. The van der Waals surface area contributed by atoms with Crippen molar-refractivity contribution in [2.45, 2.75) is 50.4 Å². The molecule has 0 amide bonds. The van der Waals surface area contributed by atoms with E-state index in [4.69, 9.17) is 0 Å². The Morgan fingerprint density at radius 3 is 2.16 bits per heavy atom. The van der Waals surface area contributed by atoms with Crippen LogP contribution in [0.3, 0.4) is 0 Å². The molecule has 0 atom stereocenters. The summed E-state index contributed by atoms with van der Waals surface area (Å²) in [4.78, 5) is 20.3. The van der Waals surface area contributed by atoms with Crippen LogP contribution in [0.1, 0.15) is 49.1 Å². The third-order valence-electron chi connectivity index (χ3n) is 4.26. The van der Waals surface area contributed by atoms with Gasteiger partial charge in [0.15, 0.2) is 0 Å². The van der Waals surface area contributed by atoms with E-state index in [0.717, 1.165) is 25.3 Å². The van der Waals surface area contributed by atoms with Crippen molar-refractivity contribution < 1.29 is 27.4 Å². The summed E-state index contributed by atoms with van der Waals surface area (Å²) in [6.45, 7) is 0. The molecular weight excluding hydrogens is 348 g/mol. The van der Waals surface area contributed by atoms with E-state index in [1.54, 1.807) is 0 Å². The second-order valence-electron chi connectivity index (χ2n) is 5.94. The van der Waals surface area contributed by atoms with Crippen molar-refractivity contribution in [3.05, 3.63) is 49.9 Å². The summed E-state index contributed by atoms with van der Waals surface area (Å²) >= 11 is 0. The summed E-state index contributed by atoms with van der Waals surface area (Å²) in [6.07, 6.45) is -0.832. The SMILES string of the molecule is O=[N+]([O-])c1cc(C2CCCCC2)c([CH]C(F)(F)C(F)F)c([N+](=O)[O-])c1. The second-order valence-corrected chi connectivity index (χ2v) is 5.94. The Balaban J connectivity index is 2.62. The lowest BCUT2D eigenvalue weighted by Crippen LogP contribution is -2.28. The standard InChI is InChI=1S/C15H15F4N2O4/c16-14(17)15(18,19)8-12-11(9-4-2-1-3-5-9)6-10(20(22)23)7-13(12)21(24)25/h6-9,14H,1-5H2. The van der Waals surface area contributed by atoms with Crippen LogP contribution in [0.2, 0.25) is 0 Å². The maximum Gasteiger partial charge on any atom is 0.315 e. The van der Waals surface area contributed by atoms with E-state index < -0.39 is 45.1 Å². The second kappa shape index (κ2) is 7.32. The molecule has 0 unspecified atom stereocenters. The normalized spacial score (nSPS) is 16.2. The highest BCUT2D eigenvalue weighted by Crippen LogP contribution is 2.43. The van der Waals surface area contributed by atoms with Crippen molar-refractivity contribution >= 4 is 11.4 Å². The van der Waals surface area contributed by atoms with Gasteiger partial charge in [-0.3, -0.25) is 20.2 Å². The highest BCUT2D eigenvalue weighted by atomic mass is 19.3. The van der Waals surface area contributed by atoms with Gasteiger partial charge in [-0.2, -0.15) is 8.78 Å². The number of benzene rings is 1. The van der Waals surface area contributed by atoms with Crippen LogP contribution >= 0.6 is 0 Å². The van der Waals surface area contributed by atoms with E-state index in [9.17, 15) is 37.8 Å². The van der Waals surface area contributed by atoms with Crippen LogP contribution in [0.25, 0.3) is 0 Å². The summed E-state index contributed by atoms with van der Waals surface area (Å²) in [5, 5.41) is 22.2. The zero-order valence-electron chi connectivity index (χ0n) is 13.0. The summed E-state index contributed by atoms with van der Waals surface area (Å²) < 4.78 is 52.1. The Hall–Kier alpha value is -2.26. The topological polar surface area (TPSA) is 86.3 Å². The fraction of sp³-hybridized carbons (Fsp3) is 0.533. The quantitative estimate of drug-likeness (QED) is 0.404. The molecule has 137 valence electrons. The lowest BCUT2D eigenvalue weighted by atomic mass is 9.80. The molecule has 6 nitrogen and oxygen atoms in total. The predicted molar refractivity (Wildman–Crippen MR) is 79.9 cm³/mol. The van der Waals surface area contributed by atoms with E-state index in [2.05, 4.69) is 0 Å².